The molecule has 2 fully saturated rings. The second-order valence-electron chi connectivity index (χ2n) is 7.83. The summed E-state index contributed by atoms with van der Waals surface area (Å²) in [5.41, 5.74) is 0. The number of hydrogen-bond donors (Lipinski definition) is 1. The molecular weight excluding hydrogens is 437 g/mol. The van der Waals surface area contributed by atoms with Crippen molar-refractivity contribution in [3.8, 4) is 0 Å². The van der Waals surface area contributed by atoms with Crippen LogP contribution in [0.1, 0.15) is 53.4 Å². The van der Waals surface area contributed by atoms with Crippen LogP contribution in [0.15, 0.2) is 4.99 Å². The number of nitrogens with zero attached hydrogens (tertiary/aromatic N) is 2. The third kappa shape index (κ3) is 5.47. The van der Waals surface area contributed by atoms with E-state index in [-0.39, 0.29) is 29.7 Å². The maximum absolute atomic E-state index is 12.2. The van der Waals surface area contributed by atoms with E-state index in [2.05, 4.69) is 24.1 Å². The summed E-state index contributed by atoms with van der Waals surface area (Å²) in [7, 11) is -3.01. The molecule has 2 unspecified atom stereocenters. The average molecular weight is 471 g/mol. The Balaban J connectivity index is 0.00000288. The van der Waals surface area contributed by atoms with Crippen LogP contribution in [0.4, 0.5) is 0 Å². The third-order valence-electron chi connectivity index (χ3n) is 5.22. The molecular formula is C17H34IN3O2S. The lowest BCUT2D eigenvalue weighted by molar-refractivity contribution is 0.287. The summed E-state index contributed by atoms with van der Waals surface area (Å²) in [5.74, 6) is 2.58. The molecule has 2 atom stereocenters. The molecule has 1 aliphatic heterocycles. The molecule has 1 saturated carbocycles. The van der Waals surface area contributed by atoms with Gasteiger partial charge in [-0.05, 0) is 45.4 Å². The van der Waals surface area contributed by atoms with Gasteiger partial charge in [-0.3, -0.25) is 4.99 Å². The number of guanidine groups is 1. The molecule has 1 aliphatic carbocycles. The molecule has 0 bridgehead atoms. The highest BCUT2D eigenvalue weighted by molar-refractivity contribution is 14.0. The van der Waals surface area contributed by atoms with Crippen LogP contribution in [0.2, 0.25) is 0 Å². The zero-order valence-corrected chi connectivity index (χ0v) is 18.7. The van der Waals surface area contributed by atoms with E-state index < -0.39 is 14.6 Å². The minimum Gasteiger partial charge on any atom is -0.357 e. The van der Waals surface area contributed by atoms with Gasteiger partial charge in [0.1, 0.15) is 0 Å². The Hall–Kier alpha value is -0.0500. The van der Waals surface area contributed by atoms with Gasteiger partial charge in [0.15, 0.2) is 15.8 Å². The maximum atomic E-state index is 12.2. The molecule has 142 valence electrons. The molecule has 2 rings (SSSR count). The summed E-state index contributed by atoms with van der Waals surface area (Å²) in [6.45, 7) is 10.8. The van der Waals surface area contributed by atoms with Gasteiger partial charge in [0.25, 0.3) is 0 Å². The lowest BCUT2D eigenvalue weighted by Crippen LogP contribution is -2.57. The molecule has 7 heteroatoms. The molecule has 0 amide bonds. The van der Waals surface area contributed by atoms with Crippen LogP contribution in [0, 0.1) is 11.8 Å². The number of aliphatic imine (C=N–C) groups is 1. The fourth-order valence-corrected chi connectivity index (χ4v) is 5.06. The Morgan fingerprint density at radius 3 is 2.62 bits per heavy atom. The lowest BCUT2D eigenvalue weighted by Gasteiger charge is -2.39. The van der Waals surface area contributed by atoms with Crippen molar-refractivity contribution in [2.45, 2.75) is 58.1 Å². The highest BCUT2D eigenvalue weighted by Crippen LogP contribution is 2.29. The van der Waals surface area contributed by atoms with E-state index in [9.17, 15) is 8.42 Å². The quantitative estimate of drug-likeness (QED) is 0.391. The highest BCUT2D eigenvalue weighted by Gasteiger charge is 2.41. The van der Waals surface area contributed by atoms with Gasteiger partial charge in [-0.1, -0.05) is 19.8 Å². The van der Waals surface area contributed by atoms with Gasteiger partial charge in [0.2, 0.25) is 0 Å². The summed E-state index contributed by atoms with van der Waals surface area (Å²) in [6.07, 6.45) is 5.20. The van der Waals surface area contributed by atoms with Crippen molar-refractivity contribution in [1.82, 2.24) is 10.2 Å². The smallest absolute Gasteiger partial charge is 0.194 e. The van der Waals surface area contributed by atoms with E-state index in [4.69, 9.17) is 4.99 Å². The lowest BCUT2D eigenvalue weighted by atomic mass is 9.82. The molecule has 1 saturated heterocycles. The monoisotopic (exact) mass is 471 g/mol. The van der Waals surface area contributed by atoms with Crippen LogP contribution < -0.4 is 5.32 Å². The van der Waals surface area contributed by atoms with E-state index in [0.29, 0.717) is 19.0 Å². The van der Waals surface area contributed by atoms with Gasteiger partial charge in [0.05, 0.1) is 10.5 Å². The molecule has 2 aliphatic rings. The molecule has 0 aromatic heterocycles. The van der Waals surface area contributed by atoms with Crippen LogP contribution in [0.3, 0.4) is 0 Å². The standard InChI is InChI=1S/C17H33N3O2S.HI/c1-5-18-16(19-12-15-8-6-7-14(2)11-15)20-9-10-23(21,22)17(3,4)13-20;/h14-15H,5-13H2,1-4H3,(H,18,19);1H. The first-order valence-corrected chi connectivity index (χ1v) is 10.7. The summed E-state index contributed by atoms with van der Waals surface area (Å²) in [6, 6.07) is 0. The number of halogens is 1. The second-order valence-corrected chi connectivity index (χ2v) is 10.6. The van der Waals surface area contributed by atoms with Crippen LogP contribution in [-0.4, -0.2) is 56.0 Å². The van der Waals surface area contributed by atoms with E-state index in [1.165, 1.54) is 25.7 Å². The van der Waals surface area contributed by atoms with Crippen molar-refractivity contribution in [1.29, 1.82) is 0 Å². The van der Waals surface area contributed by atoms with Crippen LogP contribution in [0.5, 0.6) is 0 Å². The summed E-state index contributed by atoms with van der Waals surface area (Å²) >= 11 is 0. The Bertz CT molecular complexity index is 534. The Labute approximate surface area is 165 Å². The van der Waals surface area contributed by atoms with Gasteiger partial charge >= 0.3 is 0 Å². The van der Waals surface area contributed by atoms with Crippen molar-refractivity contribution in [3.63, 3.8) is 0 Å². The molecule has 0 radical (unpaired) electrons. The first-order valence-electron chi connectivity index (χ1n) is 9.00. The minimum absolute atomic E-state index is 0. The number of hydrogen-bond acceptors (Lipinski definition) is 3. The molecule has 24 heavy (non-hydrogen) atoms. The Kier molecular flexibility index (Phi) is 8.29. The first kappa shape index (κ1) is 22.0. The predicted molar refractivity (Wildman–Crippen MR) is 112 cm³/mol. The van der Waals surface area contributed by atoms with Crippen molar-refractivity contribution >= 4 is 39.8 Å². The zero-order valence-electron chi connectivity index (χ0n) is 15.5. The number of rotatable bonds is 3. The van der Waals surface area contributed by atoms with Crippen molar-refractivity contribution in [3.05, 3.63) is 0 Å². The summed E-state index contributed by atoms with van der Waals surface area (Å²) < 4.78 is 23.7. The largest absolute Gasteiger partial charge is 0.357 e. The van der Waals surface area contributed by atoms with Crippen molar-refractivity contribution in [2.75, 3.05) is 31.9 Å². The molecule has 1 N–H and O–H groups in total. The zero-order chi connectivity index (χ0) is 17.1. The fourth-order valence-electron chi connectivity index (χ4n) is 3.69. The second kappa shape index (κ2) is 9.05. The predicted octanol–water partition coefficient (Wildman–Crippen LogP) is 2.91. The average Bonchev–Trinajstić information content (AvgIpc) is 2.46. The number of nitrogens with one attached hydrogen (secondary N) is 1. The molecule has 0 aromatic carbocycles. The third-order valence-corrected chi connectivity index (χ3v) is 7.76. The van der Waals surface area contributed by atoms with Gasteiger partial charge < -0.3 is 10.2 Å². The topological polar surface area (TPSA) is 61.8 Å². The van der Waals surface area contributed by atoms with Crippen LogP contribution in [-0.2, 0) is 9.84 Å². The highest BCUT2D eigenvalue weighted by atomic mass is 127. The normalized spacial score (nSPS) is 29.7. The van der Waals surface area contributed by atoms with Gasteiger partial charge in [-0.15, -0.1) is 24.0 Å². The first-order chi connectivity index (χ1) is 10.7. The van der Waals surface area contributed by atoms with E-state index >= 15 is 0 Å². The molecule has 5 nitrogen and oxygen atoms in total. The molecule has 0 spiro atoms. The van der Waals surface area contributed by atoms with Crippen molar-refractivity contribution < 1.29 is 8.42 Å². The Morgan fingerprint density at radius 1 is 1.33 bits per heavy atom. The van der Waals surface area contributed by atoms with Gasteiger partial charge in [0, 0.05) is 26.2 Å². The van der Waals surface area contributed by atoms with Gasteiger partial charge in [-0.25, -0.2) is 8.42 Å². The minimum atomic E-state index is -3.01. The summed E-state index contributed by atoms with van der Waals surface area (Å²) in [5, 5.41) is 3.35. The SMILES string of the molecule is CCNC(=NCC1CCCC(C)C1)N1CCS(=O)(=O)C(C)(C)C1.I. The maximum Gasteiger partial charge on any atom is 0.194 e. The molecule has 0 aromatic rings. The van der Waals surface area contributed by atoms with E-state index in [1.54, 1.807) is 0 Å². The summed E-state index contributed by atoms with van der Waals surface area (Å²) in [4.78, 5) is 6.97. The number of sulfone groups is 1. The van der Waals surface area contributed by atoms with Crippen LogP contribution >= 0.6 is 24.0 Å². The van der Waals surface area contributed by atoms with Crippen LogP contribution in [0.25, 0.3) is 0 Å². The fraction of sp³-hybridized carbons (Fsp3) is 0.941. The van der Waals surface area contributed by atoms with E-state index in [0.717, 1.165) is 25.0 Å². The van der Waals surface area contributed by atoms with Crippen molar-refractivity contribution in [2.24, 2.45) is 16.8 Å². The molecule has 1 heterocycles. The Morgan fingerprint density at radius 2 is 2.04 bits per heavy atom. The van der Waals surface area contributed by atoms with Gasteiger partial charge in [-0.2, -0.15) is 0 Å². The van der Waals surface area contributed by atoms with E-state index in [1.807, 2.05) is 13.8 Å².